The molecule has 0 aliphatic rings. The highest BCUT2D eigenvalue weighted by atomic mass is 16.4. The van der Waals surface area contributed by atoms with Gasteiger partial charge in [0, 0.05) is 0 Å². The molecule has 0 saturated carbocycles. The standard InChI is InChI=1S/C15H12O4/c16-14(17)12-5-1-10(2-6-12)9-11-3-7-13(8-4-11)15(18)19/h1-8H,9H2,(H,16,17)(H,18,19). The van der Waals surface area contributed by atoms with E-state index in [1.165, 1.54) is 0 Å². The predicted molar refractivity (Wildman–Crippen MR) is 69.6 cm³/mol. The smallest absolute Gasteiger partial charge is 0.335 e. The average molecular weight is 256 g/mol. The molecule has 0 amide bonds. The number of carbonyl (C=O) groups is 2. The van der Waals surface area contributed by atoms with Crippen LogP contribution in [0.15, 0.2) is 48.5 Å². The zero-order chi connectivity index (χ0) is 13.8. The largest absolute Gasteiger partial charge is 0.478 e. The summed E-state index contributed by atoms with van der Waals surface area (Å²) in [7, 11) is 0. The first-order valence-electron chi connectivity index (χ1n) is 5.71. The van der Waals surface area contributed by atoms with Crippen molar-refractivity contribution in [3.63, 3.8) is 0 Å². The molecule has 19 heavy (non-hydrogen) atoms. The van der Waals surface area contributed by atoms with Gasteiger partial charge in [-0.05, 0) is 41.8 Å². The summed E-state index contributed by atoms with van der Waals surface area (Å²) in [5.41, 5.74) is 2.47. The van der Waals surface area contributed by atoms with Gasteiger partial charge in [0.15, 0.2) is 0 Å². The van der Waals surface area contributed by atoms with Crippen molar-refractivity contribution in [3.8, 4) is 0 Å². The van der Waals surface area contributed by atoms with Crippen LogP contribution in [0.1, 0.15) is 31.8 Å². The maximum Gasteiger partial charge on any atom is 0.335 e. The van der Waals surface area contributed by atoms with Gasteiger partial charge in [-0.25, -0.2) is 9.59 Å². The van der Waals surface area contributed by atoms with Crippen LogP contribution in [0.5, 0.6) is 0 Å². The zero-order valence-electron chi connectivity index (χ0n) is 10.0. The Kier molecular flexibility index (Phi) is 3.61. The van der Waals surface area contributed by atoms with E-state index in [9.17, 15) is 9.59 Å². The summed E-state index contributed by atoms with van der Waals surface area (Å²) in [6, 6.07) is 13.3. The van der Waals surface area contributed by atoms with Crippen LogP contribution in [0.4, 0.5) is 0 Å². The van der Waals surface area contributed by atoms with Crippen molar-refractivity contribution >= 4 is 11.9 Å². The summed E-state index contributed by atoms with van der Waals surface area (Å²) in [5, 5.41) is 17.6. The molecule has 0 atom stereocenters. The molecule has 0 fully saturated rings. The van der Waals surface area contributed by atoms with Gasteiger partial charge in [-0.1, -0.05) is 24.3 Å². The molecule has 4 nitrogen and oxygen atoms in total. The Labute approximate surface area is 109 Å². The van der Waals surface area contributed by atoms with Crippen LogP contribution in [0.25, 0.3) is 0 Å². The number of rotatable bonds is 4. The Bertz CT molecular complexity index is 542. The van der Waals surface area contributed by atoms with Crippen LogP contribution < -0.4 is 0 Å². The summed E-state index contributed by atoms with van der Waals surface area (Å²) < 4.78 is 0. The van der Waals surface area contributed by atoms with Gasteiger partial charge in [0.25, 0.3) is 0 Å². The number of hydrogen-bond acceptors (Lipinski definition) is 2. The first-order valence-corrected chi connectivity index (χ1v) is 5.71. The lowest BCUT2D eigenvalue weighted by Gasteiger charge is -2.03. The van der Waals surface area contributed by atoms with Gasteiger partial charge in [-0.3, -0.25) is 0 Å². The van der Waals surface area contributed by atoms with E-state index < -0.39 is 11.9 Å². The highest BCUT2D eigenvalue weighted by Gasteiger charge is 2.04. The maximum atomic E-state index is 10.7. The molecular weight excluding hydrogens is 244 g/mol. The van der Waals surface area contributed by atoms with Crippen molar-refractivity contribution in [2.45, 2.75) is 6.42 Å². The number of aromatic carboxylic acids is 2. The summed E-state index contributed by atoms with van der Waals surface area (Å²) in [6.07, 6.45) is 0.639. The molecule has 0 radical (unpaired) electrons. The lowest BCUT2D eigenvalue weighted by Crippen LogP contribution is -1.98. The summed E-state index contributed by atoms with van der Waals surface area (Å²) >= 11 is 0. The lowest BCUT2D eigenvalue weighted by atomic mass is 10.0. The van der Waals surface area contributed by atoms with Crippen molar-refractivity contribution in [2.75, 3.05) is 0 Å². The number of hydrogen-bond donors (Lipinski definition) is 2. The molecule has 2 rings (SSSR count). The minimum Gasteiger partial charge on any atom is -0.478 e. The van der Waals surface area contributed by atoms with Gasteiger partial charge in [-0.15, -0.1) is 0 Å². The van der Waals surface area contributed by atoms with E-state index in [2.05, 4.69) is 0 Å². The number of carboxylic acid groups (broad SMARTS) is 2. The highest BCUT2D eigenvalue weighted by Crippen LogP contribution is 2.12. The van der Waals surface area contributed by atoms with E-state index in [0.29, 0.717) is 6.42 Å². The van der Waals surface area contributed by atoms with E-state index in [4.69, 9.17) is 10.2 Å². The van der Waals surface area contributed by atoms with Crippen LogP contribution in [-0.4, -0.2) is 22.2 Å². The SMILES string of the molecule is O=C(O)c1ccc(Cc2ccc(C(=O)O)cc2)cc1. The molecule has 2 N–H and O–H groups in total. The third-order valence-corrected chi connectivity index (χ3v) is 2.81. The molecule has 2 aromatic rings. The summed E-state index contributed by atoms with van der Waals surface area (Å²) in [4.78, 5) is 21.4. The minimum atomic E-state index is -0.947. The fourth-order valence-electron chi connectivity index (χ4n) is 1.77. The molecular formula is C15H12O4. The third-order valence-electron chi connectivity index (χ3n) is 2.81. The van der Waals surface area contributed by atoms with Crippen molar-refractivity contribution in [1.29, 1.82) is 0 Å². The fourth-order valence-corrected chi connectivity index (χ4v) is 1.77. The fraction of sp³-hybridized carbons (Fsp3) is 0.0667. The topological polar surface area (TPSA) is 74.6 Å². The Hall–Kier alpha value is -2.62. The van der Waals surface area contributed by atoms with Gasteiger partial charge in [0.1, 0.15) is 0 Å². The molecule has 4 heteroatoms. The molecule has 0 spiro atoms. The Balaban J connectivity index is 2.12. The quantitative estimate of drug-likeness (QED) is 0.881. The molecule has 0 saturated heterocycles. The molecule has 0 heterocycles. The van der Waals surface area contributed by atoms with Crippen LogP contribution in [-0.2, 0) is 6.42 Å². The molecule has 0 aromatic heterocycles. The molecule has 2 aromatic carbocycles. The summed E-state index contributed by atoms with van der Waals surface area (Å²) in [6.45, 7) is 0. The van der Waals surface area contributed by atoms with E-state index in [1.54, 1.807) is 48.5 Å². The Morgan fingerprint density at radius 2 is 1.00 bits per heavy atom. The van der Waals surface area contributed by atoms with Gasteiger partial charge < -0.3 is 10.2 Å². The lowest BCUT2D eigenvalue weighted by molar-refractivity contribution is 0.0686. The average Bonchev–Trinajstić information content (AvgIpc) is 2.40. The van der Waals surface area contributed by atoms with Gasteiger partial charge in [0.2, 0.25) is 0 Å². The van der Waals surface area contributed by atoms with Crippen molar-refractivity contribution in [1.82, 2.24) is 0 Å². The molecule has 0 aliphatic heterocycles. The van der Waals surface area contributed by atoms with E-state index >= 15 is 0 Å². The predicted octanol–water partition coefficient (Wildman–Crippen LogP) is 2.67. The van der Waals surface area contributed by atoms with Gasteiger partial charge >= 0.3 is 11.9 Å². The van der Waals surface area contributed by atoms with Crippen LogP contribution in [0.3, 0.4) is 0 Å². The van der Waals surface area contributed by atoms with Crippen LogP contribution >= 0.6 is 0 Å². The van der Waals surface area contributed by atoms with E-state index in [0.717, 1.165) is 11.1 Å². The normalized spacial score (nSPS) is 10.1. The molecule has 0 aliphatic carbocycles. The van der Waals surface area contributed by atoms with Crippen molar-refractivity contribution in [3.05, 3.63) is 70.8 Å². The third kappa shape index (κ3) is 3.19. The first-order chi connectivity index (χ1) is 9.06. The second-order valence-electron chi connectivity index (χ2n) is 4.18. The Morgan fingerprint density at radius 1 is 0.684 bits per heavy atom. The highest BCUT2D eigenvalue weighted by molar-refractivity contribution is 5.88. The Morgan fingerprint density at radius 3 is 1.26 bits per heavy atom. The van der Waals surface area contributed by atoms with Gasteiger partial charge in [-0.2, -0.15) is 0 Å². The molecule has 0 unspecified atom stereocenters. The summed E-state index contributed by atoms with van der Waals surface area (Å²) in [5.74, 6) is -1.89. The second kappa shape index (κ2) is 5.35. The molecule has 0 bridgehead atoms. The van der Waals surface area contributed by atoms with Crippen LogP contribution in [0.2, 0.25) is 0 Å². The zero-order valence-corrected chi connectivity index (χ0v) is 10.0. The van der Waals surface area contributed by atoms with Crippen LogP contribution in [0, 0.1) is 0 Å². The van der Waals surface area contributed by atoms with E-state index in [1.807, 2.05) is 0 Å². The maximum absolute atomic E-state index is 10.7. The number of benzene rings is 2. The monoisotopic (exact) mass is 256 g/mol. The van der Waals surface area contributed by atoms with Crippen molar-refractivity contribution < 1.29 is 19.8 Å². The van der Waals surface area contributed by atoms with E-state index in [-0.39, 0.29) is 11.1 Å². The molecule has 96 valence electrons. The number of carboxylic acids is 2. The van der Waals surface area contributed by atoms with Crippen molar-refractivity contribution in [2.24, 2.45) is 0 Å². The first kappa shape index (κ1) is 12.8. The second-order valence-corrected chi connectivity index (χ2v) is 4.18. The minimum absolute atomic E-state index is 0.255. The van der Waals surface area contributed by atoms with Gasteiger partial charge in [0.05, 0.1) is 11.1 Å².